The number of hydrogen-bond donors (Lipinski definition) is 3. The fraction of sp³-hybridized carbons (Fsp3) is 0. The Kier molecular flexibility index (Phi) is 2.24. The second-order valence-corrected chi connectivity index (χ2v) is 3.08. The van der Waals surface area contributed by atoms with E-state index in [1.54, 1.807) is 0 Å². The quantitative estimate of drug-likeness (QED) is 0.709. The molecule has 0 unspecified atom stereocenters. The Balaban J connectivity index is 2.46. The van der Waals surface area contributed by atoms with Gasteiger partial charge in [0, 0.05) is 17.7 Å². The standard InChI is InChI=1S/C10H7NO5/c12-5-1-2-6(8(13)3-5)7-4-9(10(14)15)16-11-7/h1-4,12-13H,(H,14,15). The molecule has 0 saturated heterocycles. The molecule has 1 aromatic carbocycles. The van der Waals surface area contributed by atoms with E-state index in [-0.39, 0.29) is 28.5 Å². The van der Waals surface area contributed by atoms with E-state index in [4.69, 9.17) is 10.2 Å². The van der Waals surface area contributed by atoms with E-state index in [2.05, 4.69) is 9.68 Å². The van der Waals surface area contributed by atoms with Crippen LogP contribution in [0.4, 0.5) is 0 Å². The number of aromatic hydroxyl groups is 2. The summed E-state index contributed by atoms with van der Waals surface area (Å²) in [6.07, 6.45) is 0. The summed E-state index contributed by atoms with van der Waals surface area (Å²) in [5.74, 6) is -1.85. The van der Waals surface area contributed by atoms with Gasteiger partial charge in [-0.15, -0.1) is 0 Å². The summed E-state index contributed by atoms with van der Waals surface area (Å²) in [5, 5.41) is 30.7. The molecule has 0 bridgehead atoms. The number of nitrogens with zero attached hydrogens (tertiary/aromatic N) is 1. The minimum absolute atomic E-state index is 0.0943. The second-order valence-electron chi connectivity index (χ2n) is 3.08. The van der Waals surface area contributed by atoms with Gasteiger partial charge in [-0.1, -0.05) is 5.16 Å². The van der Waals surface area contributed by atoms with Gasteiger partial charge in [-0.2, -0.15) is 0 Å². The van der Waals surface area contributed by atoms with Crippen molar-refractivity contribution in [2.75, 3.05) is 0 Å². The summed E-state index contributed by atoms with van der Waals surface area (Å²) in [6, 6.07) is 5.08. The van der Waals surface area contributed by atoms with Gasteiger partial charge in [0.1, 0.15) is 17.2 Å². The zero-order valence-electron chi connectivity index (χ0n) is 7.91. The van der Waals surface area contributed by atoms with Crippen LogP contribution in [0.2, 0.25) is 0 Å². The smallest absolute Gasteiger partial charge is 0.374 e. The maximum absolute atomic E-state index is 10.5. The Hall–Kier alpha value is -2.50. The Labute approximate surface area is 89.4 Å². The lowest BCUT2D eigenvalue weighted by molar-refractivity contribution is 0.0652. The van der Waals surface area contributed by atoms with E-state index in [0.717, 1.165) is 6.07 Å². The van der Waals surface area contributed by atoms with Crippen molar-refractivity contribution in [3.05, 3.63) is 30.0 Å². The molecule has 0 atom stereocenters. The molecular formula is C10H7NO5. The monoisotopic (exact) mass is 221 g/mol. The lowest BCUT2D eigenvalue weighted by Gasteiger charge is -1.99. The van der Waals surface area contributed by atoms with Gasteiger partial charge in [-0.3, -0.25) is 0 Å². The SMILES string of the molecule is O=C(O)c1cc(-c2ccc(O)cc2O)no1. The maximum atomic E-state index is 10.5. The van der Waals surface area contributed by atoms with E-state index < -0.39 is 5.97 Å². The third-order valence-electron chi connectivity index (χ3n) is 1.98. The molecule has 0 amide bonds. The van der Waals surface area contributed by atoms with Gasteiger partial charge in [0.25, 0.3) is 0 Å². The Morgan fingerprint density at radius 3 is 2.56 bits per heavy atom. The molecule has 0 aliphatic rings. The third kappa shape index (κ3) is 1.68. The van der Waals surface area contributed by atoms with Crippen molar-refractivity contribution >= 4 is 5.97 Å². The fourth-order valence-corrected chi connectivity index (χ4v) is 1.24. The average molecular weight is 221 g/mol. The van der Waals surface area contributed by atoms with Crippen molar-refractivity contribution in [2.24, 2.45) is 0 Å². The Bertz CT molecular complexity index is 546. The van der Waals surface area contributed by atoms with E-state index in [0.29, 0.717) is 0 Å². The highest BCUT2D eigenvalue weighted by molar-refractivity contribution is 5.86. The molecule has 82 valence electrons. The molecule has 16 heavy (non-hydrogen) atoms. The van der Waals surface area contributed by atoms with Crippen LogP contribution in [0.5, 0.6) is 11.5 Å². The molecule has 2 rings (SSSR count). The summed E-state index contributed by atoms with van der Waals surface area (Å²) >= 11 is 0. The highest BCUT2D eigenvalue weighted by atomic mass is 16.5. The maximum Gasteiger partial charge on any atom is 0.374 e. The Morgan fingerprint density at radius 2 is 2.00 bits per heavy atom. The molecule has 6 nitrogen and oxygen atoms in total. The molecule has 0 saturated carbocycles. The number of phenols is 2. The first kappa shape index (κ1) is 10.0. The summed E-state index contributed by atoms with van der Waals surface area (Å²) in [4.78, 5) is 10.5. The first-order chi connectivity index (χ1) is 7.58. The zero-order valence-corrected chi connectivity index (χ0v) is 7.91. The van der Waals surface area contributed by atoms with E-state index in [1.165, 1.54) is 18.2 Å². The number of phenolic OH excluding ortho intramolecular Hbond substituents is 2. The normalized spacial score (nSPS) is 10.2. The summed E-state index contributed by atoms with van der Waals surface area (Å²) < 4.78 is 4.54. The lowest BCUT2D eigenvalue weighted by atomic mass is 10.1. The minimum Gasteiger partial charge on any atom is -0.508 e. The molecule has 0 spiro atoms. The summed E-state index contributed by atoms with van der Waals surface area (Å²) in [7, 11) is 0. The number of carboxylic acid groups (broad SMARTS) is 1. The van der Waals surface area contributed by atoms with Gasteiger partial charge < -0.3 is 19.8 Å². The van der Waals surface area contributed by atoms with Crippen molar-refractivity contribution in [3.63, 3.8) is 0 Å². The van der Waals surface area contributed by atoms with Gasteiger partial charge in [0.2, 0.25) is 5.76 Å². The van der Waals surface area contributed by atoms with E-state index >= 15 is 0 Å². The molecule has 0 aliphatic carbocycles. The van der Waals surface area contributed by atoms with E-state index in [1.807, 2.05) is 0 Å². The van der Waals surface area contributed by atoms with Crippen molar-refractivity contribution in [2.45, 2.75) is 0 Å². The lowest BCUT2D eigenvalue weighted by Crippen LogP contribution is -1.91. The van der Waals surface area contributed by atoms with Crippen LogP contribution in [-0.2, 0) is 0 Å². The molecular weight excluding hydrogens is 214 g/mol. The first-order valence-electron chi connectivity index (χ1n) is 4.30. The highest BCUT2D eigenvalue weighted by Crippen LogP contribution is 2.31. The Morgan fingerprint density at radius 1 is 1.25 bits per heavy atom. The first-order valence-corrected chi connectivity index (χ1v) is 4.30. The van der Waals surface area contributed by atoms with Gasteiger partial charge in [-0.05, 0) is 12.1 Å². The predicted octanol–water partition coefficient (Wildman–Crippen LogP) is 1.45. The number of carboxylic acids is 1. The number of rotatable bonds is 2. The molecule has 0 aliphatic heterocycles. The molecule has 2 aromatic rings. The number of carbonyl (C=O) groups is 1. The molecule has 0 radical (unpaired) electrons. The van der Waals surface area contributed by atoms with E-state index in [9.17, 15) is 9.90 Å². The van der Waals surface area contributed by atoms with Crippen molar-refractivity contribution in [1.82, 2.24) is 5.16 Å². The molecule has 1 aromatic heterocycles. The van der Waals surface area contributed by atoms with Crippen LogP contribution in [-0.4, -0.2) is 26.4 Å². The largest absolute Gasteiger partial charge is 0.508 e. The van der Waals surface area contributed by atoms with Crippen LogP contribution in [0, 0.1) is 0 Å². The zero-order chi connectivity index (χ0) is 11.7. The fourth-order valence-electron chi connectivity index (χ4n) is 1.24. The van der Waals surface area contributed by atoms with Crippen molar-refractivity contribution in [3.8, 4) is 22.8 Å². The van der Waals surface area contributed by atoms with Crippen LogP contribution in [0.25, 0.3) is 11.3 Å². The second kappa shape index (κ2) is 3.58. The number of aromatic nitrogens is 1. The predicted molar refractivity (Wildman–Crippen MR) is 52.2 cm³/mol. The van der Waals surface area contributed by atoms with Crippen molar-refractivity contribution < 1.29 is 24.6 Å². The van der Waals surface area contributed by atoms with Gasteiger partial charge >= 0.3 is 5.97 Å². The van der Waals surface area contributed by atoms with Crippen LogP contribution < -0.4 is 0 Å². The molecule has 0 fully saturated rings. The average Bonchev–Trinajstić information content (AvgIpc) is 2.66. The minimum atomic E-state index is -1.24. The number of hydrogen-bond acceptors (Lipinski definition) is 5. The number of aromatic carboxylic acids is 1. The van der Waals surface area contributed by atoms with Gasteiger partial charge in [-0.25, -0.2) is 4.79 Å². The van der Waals surface area contributed by atoms with Gasteiger partial charge in [0.05, 0.1) is 0 Å². The van der Waals surface area contributed by atoms with Crippen LogP contribution >= 0.6 is 0 Å². The summed E-state index contributed by atoms with van der Waals surface area (Å²) in [6.45, 7) is 0. The van der Waals surface area contributed by atoms with Gasteiger partial charge in [0.15, 0.2) is 0 Å². The number of benzene rings is 1. The topological polar surface area (TPSA) is 104 Å². The molecule has 1 heterocycles. The molecule has 6 heteroatoms. The van der Waals surface area contributed by atoms with Crippen LogP contribution in [0.15, 0.2) is 28.8 Å². The third-order valence-corrected chi connectivity index (χ3v) is 1.98. The summed E-state index contributed by atoms with van der Waals surface area (Å²) in [5.41, 5.74) is 0.476. The highest BCUT2D eigenvalue weighted by Gasteiger charge is 2.14. The van der Waals surface area contributed by atoms with Crippen LogP contribution in [0.3, 0.4) is 0 Å². The van der Waals surface area contributed by atoms with Crippen molar-refractivity contribution in [1.29, 1.82) is 0 Å². The van der Waals surface area contributed by atoms with Crippen LogP contribution in [0.1, 0.15) is 10.6 Å². The molecule has 3 N–H and O–H groups in total.